The second kappa shape index (κ2) is 6.38. The molecule has 0 aromatic heterocycles. The molecule has 0 atom stereocenters. The summed E-state index contributed by atoms with van der Waals surface area (Å²) in [6, 6.07) is 0. The molecule has 2 aliphatic rings. The van der Waals surface area contributed by atoms with E-state index < -0.39 is 0 Å². The van der Waals surface area contributed by atoms with E-state index in [4.69, 9.17) is 9.47 Å². The summed E-state index contributed by atoms with van der Waals surface area (Å²) >= 11 is 0. The van der Waals surface area contributed by atoms with Gasteiger partial charge in [0.25, 0.3) is 0 Å². The quantitative estimate of drug-likeness (QED) is 0.500. The lowest BCUT2D eigenvalue weighted by Crippen LogP contribution is -2.11. The third-order valence-corrected chi connectivity index (χ3v) is 1.65. The summed E-state index contributed by atoms with van der Waals surface area (Å²) < 4.78 is 9.69. The smallest absolute Gasteiger partial charge is 0.146 e. The van der Waals surface area contributed by atoms with Crippen molar-refractivity contribution in [3.8, 4) is 0 Å². The van der Waals surface area contributed by atoms with Crippen LogP contribution in [0.25, 0.3) is 0 Å². The maximum Gasteiger partial charge on any atom is 0.146 e. The van der Waals surface area contributed by atoms with Crippen molar-refractivity contribution >= 4 is 0 Å². The van der Waals surface area contributed by atoms with Crippen LogP contribution >= 0.6 is 0 Å². The molecule has 0 spiro atoms. The van der Waals surface area contributed by atoms with Gasteiger partial charge in [-0.3, -0.25) is 0 Å². The Hall–Kier alpha value is -0.340. The molecule has 0 unspecified atom stereocenters. The largest absolute Gasteiger partial charge is 0.355 e. The third-order valence-electron chi connectivity index (χ3n) is 1.65. The topological polar surface area (TPSA) is 18.5 Å². The number of ether oxygens (including phenoxy) is 2. The van der Waals surface area contributed by atoms with Gasteiger partial charge in [-0.1, -0.05) is 12.2 Å². The van der Waals surface area contributed by atoms with E-state index in [-0.39, 0.29) is 0 Å². The van der Waals surface area contributed by atoms with Gasteiger partial charge in [-0.2, -0.15) is 0 Å². The Bertz CT molecular complexity index is 88.6. The van der Waals surface area contributed by atoms with Crippen LogP contribution in [0.2, 0.25) is 0 Å². The van der Waals surface area contributed by atoms with Crippen LogP contribution < -0.4 is 0 Å². The van der Waals surface area contributed by atoms with Gasteiger partial charge in [-0.25, -0.2) is 0 Å². The lowest BCUT2D eigenvalue weighted by Gasteiger charge is -2.09. The molecule has 0 saturated carbocycles. The molecule has 2 nitrogen and oxygen atoms in total. The molecule has 0 amide bonds. The molecule has 0 radical (unpaired) electrons. The Morgan fingerprint density at radius 3 is 1.64 bits per heavy atom. The first-order chi connectivity index (χ1) is 5.50. The van der Waals surface area contributed by atoms with Gasteiger partial charge in [-0.15, -0.1) is 0 Å². The highest BCUT2D eigenvalue weighted by Crippen LogP contribution is 2.05. The van der Waals surface area contributed by atoms with Gasteiger partial charge in [-0.05, 0) is 25.7 Å². The molecule has 1 aliphatic heterocycles. The highest BCUT2D eigenvalue weighted by atomic mass is 16.7. The van der Waals surface area contributed by atoms with E-state index in [1.807, 2.05) is 0 Å². The number of hydrogen-bond acceptors (Lipinski definition) is 2. The molecule has 0 bridgehead atoms. The fourth-order valence-corrected chi connectivity index (χ4v) is 1.03. The molecule has 2 rings (SSSR count). The molecule has 1 saturated heterocycles. The van der Waals surface area contributed by atoms with Crippen LogP contribution in [0.15, 0.2) is 12.2 Å². The van der Waals surface area contributed by atoms with Gasteiger partial charge in [0.05, 0.1) is 13.2 Å². The molecule has 64 valence electrons. The van der Waals surface area contributed by atoms with Crippen molar-refractivity contribution in [3.05, 3.63) is 12.2 Å². The molecule has 2 heteroatoms. The molecule has 0 aromatic rings. The maximum atomic E-state index is 4.85. The first-order valence-corrected chi connectivity index (χ1v) is 4.30. The summed E-state index contributed by atoms with van der Waals surface area (Å²) in [5.41, 5.74) is 0. The van der Waals surface area contributed by atoms with Crippen molar-refractivity contribution in [2.24, 2.45) is 0 Å². The standard InChI is InChI=1S/C5H8.C4H8O2/c1-2-4-5-3-1;1-2-5-4-6-3-1/h1-2H,3-5H2;1-4H2. The molecule has 0 N–H and O–H groups in total. The number of allylic oxidation sites excluding steroid dienone is 2. The Morgan fingerprint density at radius 2 is 1.45 bits per heavy atom. The average Bonchev–Trinajstić information content (AvgIpc) is 2.64. The summed E-state index contributed by atoms with van der Waals surface area (Å²) in [4.78, 5) is 0. The minimum atomic E-state index is 0.500. The van der Waals surface area contributed by atoms with Crippen LogP contribution in [0.4, 0.5) is 0 Å². The van der Waals surface area contributed by atoms with E-state index in [2.05, 4.69) is 12.2 Å². The van der Waals surface area contributed by atoms with Crippen molar-refractivity contribution in [1.82, 2.24) is 0 Å². The molecular formula is C9H16O2. The maximum absolute atomic E-state index is 4.85. The zero-order chi connectivity index (χ0) is 7.78. The summed E-state index contributed by atoms with van der Waals surface area (Å²) in [5, 5.41) is 0. The lowest BCUT2D eigenvalue weighted by atomic mass is 10.4. The van der Waals surface area contributed by atoms with E-state index in [9.17, 15) is 0 Å². The van der Waals surface area contributed by atoms with Crippen molar-refractivity contribution in [1.29, 1.82) is 0 Å². The van der Waals surface area contributed by atoms with Crippen LogP contribution in [-0.2, 0) is 9.47 Å². The Balaban J connectivity index is 0.000000112. The Kier molecular flexibility index (Phi) is 5.07. The second-order valence-corrected chi connectivity index (χ2v) is 2.69. The van der Waals surface area contributed by atoms with Gasteiger partial charge in [0.2, 0.25) is 0 Å². The van der Waals surface area contributed by atoms with E-state index in [1.165, 1.54) is 19.3 Å². The molecule has 1 aliphatic carbocycles. The minimum Gasteiger partial charge on any atom is -0.355 e. The normalized spacial score (nSPS) is 22.5. The van der Waals surface area contributed by atoms with Gasteiger partial charge >= 0.3 is 0 Å². The van der Waals surface area contributed by atoms with Crippen molar-refractivity contribution < 1.29 is 9.47 Å². The molecular weight excluding hydrogens is 140 g/mol. The lowest BCUT2D eigenvalue weighted by molar-refractivity contribution is -0.0963. The second-order valence-electron chi connectivity index (χ2n) is 2.69. The van der Waals surface area contributed by atoms with Crippen molar-refractivity contribution in [2.45, 2.75) is 25.7 Å². The highest BCUT2D eigenvalue weighted by Gasteiger charge is 1.94. The zero-order valence-electron chi connectivity index (χ0n) is 6.92. The third kappa shape index (κ3) is 4.99. The SMILES string of the molecule is C1=CCCC1.C1COCOC1. The molecule has 0 aromatic carbocycles. The Morgan fingerprint density at radius 1 is 0.818 bits per heavy atom. The van der Waals surface area contributed by atoms with Gasteiger partial charge in [0, 0.05) is 0 Å². The van der Waals surface area contributed by atoms with Gasteiger partial charge < -0.3 is 9.47 Å². The first kappa shape index (κ1) is 8.75. The predicted octanol–water partition coefficient (Wildman–Crippen LogP) is 2.11. The summed E-state index contributed by atoms with van der Waals surface area (Å²) in [6.07, 6.45) is 9.56. The fraction of sp³-hybridized carbons (Fsp3) is 0.778. The highest BCUT2D eigenvalue weighted by molar-refractivity contribution is 4.88. The predicted molar refractivity (Wildman–Crippen MR) is 44.4 cm³/mol. The Labute approximate surface area is 68.2 Å². The molecule has 1 heterocycles. The zero-order valence-corrected chi connectivity index (χ0v) is 6.92. The summed E-state index contributed by atoms with van der Waals surface area (Å²) in [6.45, 7) is 2.25. The first-order valence-electron chi connectivity index (χ1n) is 4.30. The van der Waals surface area contributed by atoms with E-state index in [0.29, 0.717) is 6.79 Å². The molecule has 1 fully saturated rings. The number of hydrogen-bond donors (Lipinski definition) is 0. The van der Waals surface area contributed by atoms with Crippen LogP contribution in [0, 0.1) is 0 Å². The van der Waals surface area contributed by atoms with Crippen LogP contribution in [0.3, 0.4) is 0 Å². The van der Waals surface area contributed by atoms with Gasteiger partial charge in [0.15, 0.2) is 0 Å². The van der Waals surface area contributed by atoms with E-state index >= 15 is 0 Å². The summed E-state index contributed by atoms with van der Waals surface area (Å²) in [5.74, 6) is 0. The molecule has 11 heavy (non-hydrogen) atoms. The van der Waals surface area contributed by atoms with Gasteiger partial charge in [0.1, 0.15) is 6.79 Å². The minimum absolute atomic E-state index is 0.500. The average molecular weight is 156 g/mol. The van der Waals surface area contributed by atoms with Crippen molar-refractivity contribution in [2.75, 3.05) is 20.0 Å². The number of rotatable bonds is 0. The van der Waals surface area contributed by atoms with Crippen LogP contribution in [0.1, 0.15) is 25.7 Å². The monoisotopic (exact) mass is 156 g/mol. The van der Waals surface area contributed by atoms with E-state index in [0.717, 1.165) is 19.6 Å². The van der Waals surface area contributed by atoms with Crippen LogP contribution in [-0.4, -0.2) is 20.0 Å². The van der Waals surface area contributed by atoms with E-state index in [1.54, 1.807) is 0 Å². The summed E-state index contributed by atoms with van der Waals surface area (Å²) in [7, 11) is 0. The van der Waals surface area contributed by atoms with Crippen molar-refractivity contribution in [3.63, 3.8) is 0 Å². The van der Waals surface area contributed by atoms with Crippen LogP contribution in [0.5, 0.6) is 0 Å². The fourth-order valence-electron chi connectivity index (χ4n) is 1.03.